The molecule has 3 rings (SSSR count). The third-order valence-electron chi connectivity index (χ3n) is 4.10. The van der Waals surface area contributed by atoms with E-state index >= 15 is 0 Å². The molecule has 2 aliphatic rings. The molecule has 3 N–H and O–H groups in total. The van der Waals surface area contributed by atoms with E-state index in [1.807, 2.05) is 0 Å². The monoisotopic (exact) mass is 378 g/mol. The predicted molar refractivity (Wildman–Crippen MR) is 86.2 cm³/mol. The molecule has 2 fully saturated rings. The SMILES string of the molecule is Cl.NC(=O)c1ccc(S(=O)(=O)N2CCN(C(=O)C3CNC3)CC2)o1. The lowest BCUT2D eigenvalue weighted by Crippen LogP contribution is -2.57. The molecule has 0 unspecified atom stereocenters. The number of rotatable bonds is 4. The van der Waals surface area contributed by atoms with Gasteiger partial charge in [-0.15, -0.1) is 12.4 Å². The van der Waals surface area contributed by atoms with Crippen molar-refractivity contribution in [2.75, 3.05) is 39.3 Å². The average molecular weight is 379 g/mol. The zero-order chi connectivity index (χ0) is 16.6. The summed E-state index contributed by atoms with van der Waals surface area (Å²) < 4.78 is 31.2. The number of nitrogens with zero attached hydrogens (tertiary/aromatic N) is 2. The number of furan rings is 1. The molecule has 2 saturated heterocycles. The fraction of sp³-hybridized carbons (Fsp3) is 0.538. The lowest BCUT2D eigenvalue weighted by Gasteiger charge is -2.37. The molecule has 0 atom stereocenters. The van der Waals surface area contributed by atoms with Gasteiger partial charge in [-0.25, -0.2) is 8.42 Å². The van der Waals surface area contributed by atoms with E-state index in [9.17, 15) is 18.0 Å². The molecule has 0 spiro atoms. The Morgan fingerprint density at radius 2 is 1.79 bits per heavy atom. The van der Waals surface area contributed by atoms with Gasteiger partial charge in [-0.2, -0.15) is 4.31 Å². The standard InChI is InChI=1S/C13H18N4O5S.ClH/c14-12(18)10-1-2-11(22-10)23(20,21)17-5-3-16(4-6-17)13(19)9-7-15-8-9;/h1-2,9,15H,3-8H2,(H2,14,18);1H. The second-order valence-electron chi connectivity index (χ2n) is 5.57. The molecule has 0 saturated carbocycles. The van der Waals surface area contributed by atoms with Gasteiger partial charge in [0.05, 0.1) is 5.92 Å². The van der Waals surface area contributed by atoms with Crippen molar-refractivity contribution < 1.29 is 22.4 Å². The van der Waals surface area contributed by atoms with Crippen LogP contribution in [0.25, 0.3) is 0 Å². The molecule has 0 bridgehead atoms. The summed E-state index contributed by atoms with van der Waals surface area (Å²) in [5, 5.41) is 2.73. The third kappa shape index (κ3) is 3.41. The molecule has 11 heteroatoms. The first-order chi connectivity index (χ1) is 10.9. The van der Waals surface area contributed by atoms with E-state index in [2.05, 4.69) is 5.32 Å². The maximum Gasteiger partial charge on any atom is 0.284 e. The second-order valence-corrected chi connectivity index (χ2v) is 7.44. The van der Waals surface area contributed by atoms with Gasteiger partial charge in [0.15, 0.2) is 5.76 Å². The molecule has 0 aromatic carbocycles. The van der Waals surface area contributed by atoms with Crippen LogP contribution in [0.2, 0.25) is 0 Å². The van der Waals surface area contributed by atoms with E-state index in [1.165, 1.54) is 16.4 Å². The first-order valence-corrected chi connectivity index (χ1v) is 8.73. The minimum absolute atomic E-state index is 0. The highest BCUT2D eigenvalue weighted by atomic mass is 35.5. The Morgan fingerprint density at radius 3 is 2.25 bits per heavy atom. The number of halogens is 1. The Kier molecular flexibility index (Phi) is 5.53. The zero-order valence-electron chi connectivity index (χ0n) is 12.8. The molecule has 134 valence electrons. The van der Waals surface area contributed by atoms with E-state index in [0.717, 1.165) is 0 Å². The highest BCUT2D eigenvalue weighted by Crippen LogP contribution is 2.21. The molecule has 0 aliphatic carbocycles. The molecule has 3 heterocycles. The number of sulfonamides is 1. The van der Waals surface area contributed by atoms with E-state index in [-0.39, 0.29) is 48.2 Å². The fourth-order valence-electron chi connectivity index (χ4n) is 2.59. The van der Waals surface area contributed by atoms with Gasteiger partial charge in [-0.1, -0.05) is 0 Å². The van der Waals surface area contributed by atoms with Crippen LogP contribution in [-0.2, 0) is 14.8 Å². The summed E-state index contributed by atoms with van der Waals surface area (Å²) in [6, 6.07) is 2.45. The lowest BCUT2D eigenvalue weighted by molar-refractivity contribution is -0.138. The fourth-order valence-corrected chi connectivity index (χ4v) is 3.92. The Labute approximate surface area is 145 Å². The molecule has 2 amide bonds. The zero-order valence-corrected chi connectivity index (χ0v) is 14.4. The molecular weight excluding hydrogens is 360 g/mol. The molecular formula is C13H19ClN4O5S. The van der Waals surface area contributed by atoms with Gasteiger partial charge in [-0.05, 0) is 12.1 Å². The summed E-state index contributed by atoms with van der Waals surface area (Å²) in [7, 11) is -3.83. The predicted octanol–water partition coefficient (Wildman–Crippen LogP) is -1.15. The van der Waals surface area contributed by atoms with Crippen LogP contribution in [0.1, 0.15) is 10.6 Å². The van der Waals surface area contributed by atoms with Crippen LogP contribution in [0.5, 0.6) is 0 Å². The number of hydrogen-bond donors (Lipinski definition) is 2. The minimum atomic E-state index is -3.83. The van der Waals surface area contributed by atoms with Crippen LogP contribution >= 0.6 is 12.4 Å². The van der Waals surface area contributed by atoms with Crippen LogP contribution in [0, 0.1) is 5.92 Å². The highest BCUT2D eigenvalue weighted by molar-refractivity contribution is 7.89. The van der Waals surface area contributed by atoms with Crippen LogP contribution in [0.15, 0.2) is 21.6 Å². The number of carbonyl (C=O) groups excluding carboxylic acids is 2. The number of hydrogen-bond acceptors (Lipinski definition) is 6. The van der Waals surface area contributed by atoms with Gasteiger partial charge >= 0.3 is 0 Å². The van der Waals surface area contributed by atoms with Crippen LogP contribution in [-0.4, -0.2) is 68.7 Å². The average Bonchev–Trinajstić information content (AvgIpc) is 2.96. The maximum absolute atomic E-state index is 12.5. The second kappa shape index (κ2) is 7.09. The molecule has 9 nitrogen and oxygen atoms in total. The first kappa shape index (κ1) is 18.7. The summed E-state index contributed by atoms with van der Waals surface area (Å²) in [5.74, 6) is -0.956. The summed E-state index contributed by atoms with van der Waals surface area (Å²) >= 11 is 0. The van der Waals surface area contributed by atoms with Gasteiger partial charge in [-0.3, -0.25) is 9.59 Å². The van der Waals surface area contributed by atoms with E-state index in [0.29, 0.717) is 26.2 Å². The van der Waals surface area contributed by atoms with Crippen LogP contribution in [0.3, 0.4) is 0 Å². The summed E-state index contributed by atoms with van der Waals surface area (Å²) in [4.78, 5) is 24.8. The van der Waals surface area contributed by atoms with Crippen molar-refractivity contribution in [3.05, 3.63) is 17.9 Å². The topological polar surface area (TPSA) is 126 Å². The van der Waals surface area contributed by atoms with E-state index in [1.54, 1.807) is 4.90 Å². The van der Waals surface area contributed by atoms with Crippen LogP contribution in [0.4, 0.5) is 0 Å². The largest absolute Gasteiger partial charge is 0.438 e. The summed E-state index contributed by atoms with van der Waals surface area (Å²) in [6.07, 6.45) is 0. The Balaban J connectivity index is 0.00000208. The Hall–Kier alpha value is -1.62. The third-order valence-corrected chi connectivity index (χ3v) is 5.87. The maximum atomic E-state index is 12.5. The number of nitrogens with two attached hydrogens (primary N) is 1. The summed E-state index contributed by atoms with van der Waals surface area (Å²) in [6.45, 7) is 2.44. The van der Waals surface area contributed by atoms with Gasteiger partial charge < -0.3 is 20.4 Å². The van der Waals surface area contributed by atoms with Crippen molar-refractivity contribution in [1.29, 1.82) is 0 Å². The molecule has 2 aliphatic heterocycles. The van der Waals surface area contributed by atoms with Crippen molar-refractivity contribution in [2.45, 2.75) is 5.09 Å². The van der Waals surface area contributed by atoms with Crippen molar-refractivity contribution in [1.82, 2.24) is 14.5 Å². The van der Waals surface area contributed by atoms with E-state index < -0.39 is 15.9 Å². The lowest BCUT2D eigenvalue weighted by atomic mass is 10.0. The number of primary amides is 1. The number of amides is 2. The summed E-state index contributed by atoms with van der Waals surface area (Å²) in [5.41, 5.74) is 5.06. The number of piperazine rings is 1. The van der Waals surface area contributed by atoms with Gasteiger partial charge in [0.1, 0.15) is 0 Å². The quantitative estimate of drug-likeness (QED) is 0.681. The Bertz CT molecular complexity index is 722. The molecule has 0 radical (unpaired) electrons. The van der Waals surface area contributed by atoms with Crippen molar-refractivity contribution in [3.8, 4) is 0 Å². The normalized spacial score (nSPS) is 19.4. The minimum Gasteiger partial charge on any atom is -0.438 e. The number of nitrogens with one attached hydrogen (secondary N) is 1. The Morgan fingerprint density at radius 1 is 1.17 bits per heavy atom. The van der Waals surface area contributed by atoms with Gasteiger partial charge in [0, 0.05) is 39.3 Å². The van der Waals surface area contributed by atoms with Crippen LogP contribution < -0.4 is 11.1 Å². The van der Waals surface area contributed by atoms with Crippen molar-refractivity contribution >= 4 is 34.2 Å². The highest BCUT2D eigenvalue weighted by Gasteiger charge is 2.35. The van der Waals surface area contributed by atoms with Crippen molar-refractivity contribution in [3.63, 3.8) is 0 Å². The first-order valence-electron chi connectivity index (χ1n) is 7.29. The smallest absolute Gasteiger partial charge is 0.284 e. The molecule has 1 aromatic heterocycles. The molecule has 24 heavy (non-hydrogen) atoms. The molecule has 1 aromatic rings. The van der Waals surface area contributed by atoms with Crippen molar-refractivity contribution in [2.24, 2.45) is 11.7 Å². The van der Waals surface area contributed by atoms with E-state index in [4.69, 9.17) is 10.2 Å². The van der Waals surface area contributed by atoms with Gasteiger partial charge in [0.25, 0.3) is 15.9 Å². The number of carbonyl (C=O) groups is 2. The van der Waals surface area contributed by atoms with Gasteiger partial charge in [0.2, 0.25) is 11.0 Å².